The van der Waals surface area contributed by atoms with Crippen molar-refractivity contribution in [2.45, 2.75) is 6.92 Å². The fourth-order valence-electron chi connectivity index (χ4n) is 1.03. The Balaban J connectivity index is 2.89. The van der Waals surface area contributed by atoms with Crippen LogP contribution in [0.2, 0.25) is 5.15 Å². The Bertz CT molecular complexity index is 476. The smallest absolute Gasteiger partial charge is 0.196 e. The Morgan fingerprint density at radius 3 is 3.17 bits per heavy atom. The third-order valence-electron chi connectivity index (χ3n) is 1.51. The zero-order valence-corrected chi connectivity index (χ0v) is 7.78. The van der Waals surface area contributed by atoms with Crippen molar-refractivity contribution >= 4 is 27.9 Å². The number of nitrogens with zero attached hydrogens (tertiary/aromatic N) is 3. The van der Waals surface area contributed by atoms with Crippen LogP contribution >= 0.6 is 22.9 Å². The van der Waals surface area contributed by atoms with Crippen LogP contribution < -0.4 is 0 Å². The molecule has 0 unspecified atom stereocenters. The fraction of sp³-hybridized carbons (Fsp3) is 0.143. The van der Waals surface area contributed by atoms with Crippen molar-refractivity contribution in [3.63, 3.8) is 0 Å². The highest BCUT2D eigenvalue weighted by Crippen LogP contribution is 2.22. The first kappa shape index (κ1) is 7.59. The first-order chi connectivity index (χ1) is 5.72. The van der Waals surface area contributed by atoms with Crippen molar-refractivity contribution < 1.29 is 0 Å². The molecule has 0 amide bonds. The molecule has 3 nitrogen and oxygen atoms in total. The van der Waals surface area contributed by atoms with Gasteiger partial charge in [-0.15, -0.1) is 11.3 Å². The van der Waals surface area contributed by atoms with Gasteiger partial charge >= 0.3 is 0 Å². The number of imidazole rings is 1. The van der Waals surface area contributed by atoms with Crippen molar-refractivity contribution in [1.82, 2.24) is 9.38 Å². The van der Waals surface area contributed by atoms with Gasteiger partial charge in [0.15, 0.2) is 15.8 Å². The van der Waals surface area contributed by atoms with E-state index in [-0.39, 0.29) is 5.15 Å². The molecule has 60 valence electrons. The normalized spacial score (nSPS) is 10.4. The highest BCUT2D eigenvalue weighted by Gasteiger charge is 2.10. The van der Waals surface area contributed by atoms with Gasteiger partial charge in [-0.2, -0.15) is 5.26 Å². The zero-order chi connectivity index (χ0) is 8.72. The van der Waals surface area contributed by atoms with Crippen molar-refractivity contribution in [3.8, 4) is 6.07 Å². The van der Waals surface area contributed by atoms with Gasteiger partial charge in [-0.3, -0.25) is 4.40 Å². The van der Waals surface area contributed by atoms with Gasteiger partial charge in [0.05, 0.1) is 0 Å². The molecule has 0 saturated heterocycles. The monoisotopic (exact) mass is 197 g/mol. The summed E-state index contributed by atoms with van der Waals surface area (Å²) in [6.45, 7) is 1.97. The molecule has 0 aliphatic carbocycles. The summed E-state index contributed by atoms with van der Waals surface area (Å²) in [5.74, 6) is 0. The minimum atomic E-state index is 0.281. The quantitative estimate of drug-likeness (QED) is 0.650. The van der Waals surface area contributed by atoms with Gasteiger partial charge < -0.3 is 0 Å². The molecule has 0 radical (unpaired) electrons. The summed E-state index contributed by atoms with van der Waals surface area (Å²) in [4.78, 5) is 5.92. The summed E-state index contributed by atoms with van der Waals surface area (Å²) < 4.78 is 1.71. The predicted molar refractivity (Wildman–Crippen MR) is 47.5 cm³/mol. The standard InChI is InChI=1S/C7H4ClN3S/c1-4-3-11-5(2-9)6(8)10-7(11)12-4/h3H,1H3. The zero-order valence-electron chi connectivity index (χ0n) is 6.21. The molecule has 0 saturated carbocycles. The molecular formula is C7H4ClN3S. The summed E-state index contributed by atoms with van der Waals surface area (Å²) in [6.07, 6.45) is 1.86. The van der Waals surface area contributed by atoms with Crippen molar-refractivity contribution in [2.24, 2.45) is 0 Å². The van der Waals surface area contributed by atoms with Crippen LogP contribution in [0.15, 0.2) is 6.20 Å². The van der Waals surface area contributed by atoms with E-state index in [0.29, 0.717) is 5.69 Å². The molecule has 5 heteroatoms. The number of fused-ring (bicyclic) bond motifs is 1. The molecule has 2 aromatic rings. The number of aryl methyl sites for hydroxylation is 1. The number of aromatic nitrogens is 2. The van der Waals surface area contributed by atoms with E-state index in [9.17, 15) is 0 Å². The summed E-state index contributed by atoms with van der Waals surface area (Å²) in [6, 6.07) is 2.01. The van der Waals surface area contributed by atoms with Gasteiger partial charge in [0, 0.05) is 11.1 Å². The van der Waals surface area contributed by atoms with E-state index in [1.54, 1.807) is 4.40 Å². The molecule has 2 aromatic heterocycles. The molecule has 0 aliphatic heterocycles. The molecule has 0 atom stereocenters. The van der Waals surface area contributed by atoms with E-state index in [1.807, 2.05) is 19.2 Å². The van der Waals surface area contributed by atoms with Crippen molar-refractivity contribution in [2.75, 3.05) is 0 Å². The molecular weight excluding hydrogens is 194 g/mol. The Hall–Kier alpha value is -1.05. The minimum absolute atomic E-state index is 0.281. The van der Waals surface area contributed by atoms with E-state index < -0.39 is 0 Å². The molecule has 12 heavy (non-hydrogen) atoms. The summed E-state index contributed by atoms with van der Waals surface area (Å²) >= 11 is 7.23. The largest absolute Gasteiger partial charge is 0.280 e. The van der Waals surface area contributed by atoms with Gasteiger partial charge in [-0.05, 0) is 6.92 Å². The number of rotatable bonds is 0. The highest BCUT2D eigenvalue weighted by atomic mass is 35.5. The SMILES string of the molecule is Cc1cn2c(C#N)c(Cl)nc2s1. The molecule has 0 N–H and O–H groups in total. The van der Waals surface area contributed by atoms with Crippen molar-refractivity contribution in [3.05, 3.63) is 21.9 Å². The lowest BCUT2D eigenvalue weighted by Gasteiger charge is -1.82. The van der Waals surface area contributed by atoms with Gasteiger partial charge in [0.2, 0.25) is 0 Å². The maximum atomic E-state index is 8.72. The van der Waals surface area contributed by atoms with Crippen LogP contribution in [0.25, 0.3) is 4.96 Å². The highest BCUT2D eigenvalue weighted by molar-refractivity contribution is 7.17. The lowest BCUT2D eigenvalue weighted by Crippen LogP contribution is -1.81. The first-order valence-corrected chi connectivity index (χ1v) is 4.46. The van der Waals surface area contributed by atoms with Crippen LogP contribution in [0.4, 0.5) is 0 Å². The van der Waals surface area contributed by atoms with Gasteiger partial charge in [0.1, 0.15) is 6.07 Å². The lowest BCUT2D eigenvalue weighted by molar-refractivity contribution is 1.18. The number of hydrogen-bond acceptors (Lipinski definition) is 3. The second kappa shape index (κ2) is 2.47. The first-order valence-electron chi connectivity index (χ1n) is 3.26. The third-order valence-corrected chi connectivity index (χ3v) is 2.67. The van der Waals surface area contributed by atoms with Crippen LogP contribution in [0.5, 0.6) is 0 Å². The molecule has 0 fully saturated rings. The summed E-state index contributed by atoms with van der Waals surface area (Å²) in [7, 11) is 0. The summed E-state index contributed by atoms with van der Waals surface area (Å²) in [5, 5.41) is 9.01. The topological polar surface area (TPSA) is 41.1 Å². The van der Waals surface area contributed by atoms with Crippen LogP contribution in [0.3, 0.4) is 0 Å². The number of nitriles is 1. The second-order valence-corrected chi connectivity index (χ2v) is 3.93. The Kier molecular flexibility index (Phi) is 1.56. The maximum Gasteiger partial charge on any atom is 0.196 e. The molecule has 2 rings (SSSR count). The second-order valence-electron chi connectivity index (χ2n) is 2.36. The van der Waals surface area contributed by atoms with Gasteiger partial charge in [-0.1, -0.05) is 11.6 Å². The van der Waals surface area contributed by atoms with E-state index in [0.717, 1.165) is 9.84 Å². The van der Waals surface area contributed by atoms with Gasteiger partial charge in [-0.25, -0.2) is 4.98 Å². The fourth-order valence-corrected chi connectivity index (χ4v) is 2.12. The van der Waals surface area contributed by atoms with E-state index in [4.69, 9.17) is 16.9 Å². The third kappa shape index (κ3) is 0.909. The van der Waals surface area contributed by atoms with Crippen LogP contribution in [-0.4, -0.2) is 9.38 Å². The number of hydrogen-bond donors (Lipinski definition) is 0. The summed E-state index contributed by atoms with van der Waals surface area (Å²) in [5.41, 5.74) is 0.413. The Labute approximate surface area is 77.8 Å². The van der Waals surface area contributed by atoms with E-state index >= 15 is 0 Å². The number of thiazole rings is 1. The van der Waals surface area contributed by atoms with E-state index in [2.05, 4.69) is 4.98 Å². The van der Waals surface area contributed by atoms with Crippen LogP contribution in [-0.2, 0) is 0 Å². The van der Waals surface area contributed by atoms with E-state index in [1.165, 1.54) is 11.3 Å². The van der Waals surface area contributed by atoms with Crippen molar-refractivity contribution in [1.29, 1.82) is 5.26 Å². The average molecular weight is 198 g/mol. The Morgan fingerprint density at radius 2 is 2.50 bits per heavy atom. The number of halogens is 1. The molecule has 0 aromatic carbocycles. The van der Waals surface area contributed by atoms with Gasteiger partial charge in [0.25, 0.3) is 0 Å². The minimum Gasteiger partial charge on any atom is -0.280 e. The van der Waals surface area contributed by atoms with Crippen LogP contribution in [0.1, 0.15) is 10.6 Å². The van der Waals surface area contributed by atoms with Crippen LogP contribution in [0, 0.1) is 18.3 Å². The lowest BCUT2D eigenvalue weighted by atomic mass is 10.5. The molecule has 0 aliphatic rings. The maximum absolute atomic E-state index is 8.72. The average Bonchev–Trinajstić information content (AvgIpc) is 2.43. The predicted octanol–water partition coefficient (Wildman–Crippen LogP) is 2.23. The Morgan fingerprint density at radius 1 is 1.75 bits per heavy atom. The molecule has 2 heterocycles. The molecule has 0 spiro atoms. The molecule has 0 bridgehead atoms.